The molecule has 4 rings (SSSR count). The van der Waals surface area contributed by atoms with Gasteiger partial charge in [-0.05, 0) is 60.5 Å². The van der Waals surface area contributed by atoms with E-state index in [1.54, 1.807) is 30.3 Å². The number of esters is 1. The van der Waals surface area contributed by atoms with E-state index in [2.05, 4.69) is 36.2 Å². The number of aryl methyl sites for hydroxylation is 1. The van der Waals surface area contributed by atoms with Crippen LogP contribution in [0.25, 0.3) is 6.08 Å². The smallest absolute Gasteiger partial charge is 0.363 e. The zero-order chi connectivity index (χ0) is 20.2. The van der Waals surface area contributed by atoms with E-state index < -0.39 is 5.97 Å². The van der Waals surface area contributed by atoms with Crippen LogP contribution in [-0.4, -0.2) is 11.9 Å². The van der Waals surface area contributed by atoms with Crippen molar-refractivity contribution in [3.8, 4) is 5.75 Å². The Morgan fingerprint density at radius 2 is 1.66 bits per heavy atom. The van der Waals surface area contributed by atoms with Gasteiger partial charge in [-0.15, -0.1) is 0 Å². The third kappa shape index (κ3) is 4.73. The van der Waals surface area contributed by atoms with Crippen molar-refractivity contribution in [2.75, 3.05) is 0 Å². The first kappa shape index (κ1) is 19.0. The first-order chi connectivity index (χ1) is 14.1. The summed E-state index contributed by atoms with van der Waals surface area (Å²) < 4.78 is 11.1. The van der Waals surface area contributed by atoms with E-state index in [0.29, 0.717) is 17.2 Å². The maximum atomic E-state index is 12.1. The molecule has 0 spiro atoms. The lowest BCUT2D eigenvalue weighted by atomic mass is 10.1. The minimum Gasteiger partial charge on any atom is -0.489 e. The van der Waals surface area contributed by atoms with Crippen LogP contribution < -0.4 is 4.74 Å². The van der Waals surface area contributed by atoms with Crippen LogP contribution in [0.1, 0.15) is 22.3 Å². The van der Waals surface area contributed by atoms with Gasteiger partial charge in [0, 0.05) is 10.6 Å². The summed E-state index contributed by atoms with van der Waals surface area (Å²) in [6.07, 6.45) is 1.69. The summed E-state index contributed by atoms with van der Waals surface area (Å²) in [7, 11) is 0. The Hall–Kier alpha value is -3.37. The summed E-state index contributed by atoms with van der Waals surface area (Å²) in [5.74, 6) is 0.553. The molecule has 0 amide bonds. The van der Waals surface area contributed by atoms with Gasteiger partial charge < -0.3 is 9.47 Å². The number of aliphatic imine (C=N–C) groups is 1. The van der Waals surface area contributed by atoms with Gasteiger partial charge >= 0.3 is 5.97 Å². The second-order valence-corrected chi connectivity index (χ2v) is 7.12. The second-order valence-electron chi connectivity index (χ2n) is 6.69. The number of rotatable bonds is 5. The van der Waals surface area contributed by atoms with Gasteiger partial charge in [0.05, 0.1) is 0 Å². The number of nitrogens with zero attached hydrogens (tertiary/aromatic N) is 1. The molecule has 1 aliphatic heterocycles. The normalized spacial score (nSPS) is 14.6. The van der Waals surface area contributed by atoms with Crippen LogP contribution in [0.15, 0.2) is 83.5 Å². The van der Waals surface area contributed by atoms with Crippen molar-refractivity contribution >= 4 is 29.5 Å². The Morgan fingerprint density at radius 3 is 2.34 bits per heavy atom. The molecule has 3 aromatic rings. The number of carbonyl (C=O) groups is 1. The van der Waals surface area contributed by atoms with Gasteiger partial charge in [0.2, 0.25) is 5.90 Å². The van der Waals surface area contributed by atoms with Crippen LogP contribution in [0.5, 0.6) is 5.75 Å². The largest absolute Gasteiger partial charge is 0.489 e. The molecule has 0 bridgehead atoms. The second kappa shape index (κ2) is 8.33. The highest BCUT2D eigenvalue weighted by molar-refractivity contribution is 6.30. The van der Waals surface area contributed by atoms with E-state index in [0.717, 1.165) is 16.9 Å². The summed E-state index contributed by atoms with van der Waals surface area (Å²) in [5, 5.41) is 0.610. The molecule has 0 radical (unpaired) electrons. The minimum atomic E-state index is -0.477. The van der Waals surface area contributed by atoms with Crippen molar-refractivity contribution in [2.24, 2.45) is 4.99 Å². The summed E-state index contributed by atoms with van der Waals surface area (Å²) in [4.78, 5) is 16.4. The fourth-order valence-electron chi connectivity index (χ4n) is 2.79. The lowest BCUT2D eigenvalue weighted by Gasteiger charge is -2.07. The Labute approximate surface area is 174 Å². The molecule has 29 heavy (non-hydrogen) atoms. The number of halogens is 1. The molecule has 5 heteroatoms. The van der Waals surface area contributed by atoms with Gasteiger partial charge in [-0.2, -0.15) is 0 Å². The van der Waals surface area contributed by atoms with E-state index >= 15 is 0 Å². The fraction of sp³-hybridized carbons (Fsp3) is 0.0833. The lowest BCUT2D eigenvalue weighted by Crippen LogP contribution is -2.05. The van der Waals surface area contributed by atoms with Crippen molar-refractivity contribution in [1.29, 1.82) is 0 Å². The SMILES string of the molecule is Cc1ccc(COc2ccc(/C=C3\N=C(c4ccc(Cl)cc4)OC3=O)cc2)cc1. The summed E-state index contributed by atoms with van der Waals surface area (Å²) in [6, 6.07) is 22.7. The van der Waals surface area contributed by atoms with Crippen LogP contribution in [0, 0.1) is 6.92 Å². The van der Waals surface area contributed by atoms with Crippen LogP contribution in [-0.2, 0) is 16.1 Å². The van der Waals surface area contributed by atoms with Gasteiger partial charge in [0.25, 0.3) is 0 Å². The lowest BCUT2D eigenvalue weighted by molar-refractivity contribution is -0.129. The quantitative estimate of drug-likeness (QED) is 0.413. The molecular weight excluding hydrogens is 386 g/mol. The zero-order valence-electron chi connectivity index (χ0n) is 15.8. The van der Waals surface area contributed by atoms with Gasteiger partial charge in [-0.1, -0.05) is 53.6 Å². The molecule has 0 aliphatic carbocycles. The zero-order valence-corrected chi connectivity index (χ0v) is 16.5. The Balaban J connectivity index is 1.44. The van der Waals surface area contributed by atoms with Crippen LogP contribution in [0.3, 0.4) is 0 Å². The number of benzene rings is 3. The van der Waals surface area contributed by atoms with Crippen LogP contribution in [0.4, 0.5) is 0 Å². The maximum absolute atomic E-state index is 12.1. The first-order valence-electron chi connectivity index (χ1n) is 9.14. The van der Waals surface area contributed by atoms with E-state index in [4.69, 9.17) is 21.1 Å². The Kier molecular flexibility index (Phi) is 5.45. The van der Waals surface area contributed by atoms with Crippen molar-refractivity contribution in [3.05, 3.63) is 106 Å². The summed E-state index contributed by atoms with van der Waals surface area (Å²) in [6.45, 7) is 2.56. The Bertz CT molecular complexity index is 1080. The van der Waals surface area contributed by atoms with Crippen molar-refractivity contribution in [3.63, 3.8) is 0 Å². The molecule has 0 saturated carbocycles. The van der Waals surface area contributed by atoms with Crippen LogP contribution >= 0.6 is 11.6 Å². The van der Waals surface area contributed by atoms with Gasteiger partial charge in [-0.3, -0.25) is 0 Å². The molecule has 0 atom stereocenters. The third-order valence-electron chi connectivity index (χ3n) is 4.42. The van der Waals surface area contributed by atoms with Crippen LogP contribution in [0.2, 0.25) is 5.02 Å². The highest BCUT2D eigenvalue weighted by Gasteiger charge is 2.24. The van der Waals surface area contributed by atoms with E-state index in [9.17, 15) is 4.79 Å². The van der Waals surface area contributed by atoms with E-state index in [1.807, 2.05) is 24.3 Å². The summed E-state index contributed by atoms with van der Waals surface area (Å²) in [5.41, 5.74) is 4.12. The molecule has 144 valence electrons. The predicted octanol–water partition coefficient (Wildman–Crippen LogP) is 5.57. The van der Waals surface area contributed by atoms with Crippen molar-refractivity contribution in [1.82, 2.24) is 0 Å². The molecule has 0 N–H and O–H groups in total. The molecule has 4 nitrogen and oxygen atoms in total. The van der Waals surface area contributed by atoms with Crippen molar-refractivity contribution < 1.29 is 14.3 Å². The number of hydrogen-bond acceptors (Lipinski definition) is 4. The van der Waals surface area contributed by atoms with E-state index in [-0.39, 0.29) is 11.6 Å². The first-order valence-corrected chi connectivity index (χ1v) is 9.51. The average Bonchev–Trinajstić information content (AvgIpc) is 3.09. The average molecular weight is 404 g/mol. The molecule has 0 aromatic heterocycles. The molecule has 1 heterocycles. The highest BCUT2D eigenvalue weighted by atomic mass is 35.5. The maximum Gasteiger partial charge on any atom is 0.363 e. The molecular formula is C24H18ClNO3. The highest BCUT2D eigenvalue weighted by Crippen LogP contribution is 2.22. The number of cyclic esters (lactones) is 1. The molecule has 0 unspecified atom stereocenters. The number of ether oxygens (including phenoxy) is 2. The van der Waals surface area contributed by atoms with Crippen molar-refractivity contribution in [2.45, 2.75) is 13.5 Å². The molecule has 3 aromatic carbocycles. The minimum absolute atomic E-state index is 0.253. The number of hydrogen-bond donors (Lipinski definition) is 0. The van der Waals surface area contributed by atoms with Gasteiger partial charge in [0.15, 0.2) is 5.70 Å². The van der Waals surface area contributed by atoms with Gasteiger partial charge in [0.1, 0.15) is 12.4 Å². The summed E-state index contributed by atoms with van der Waals surface area (Å²) >= 11 is 5.89. The predicted molar refractivity (Wildman–Crippen MR) is 114 cm³/mol. The van der Waals surface area contributed by atoms with E-state index in [1.165, 1.54) is 5.56 Å². The monoisotopic (exact) mass is 403 g/mol. The fourth-order valence-corrected chi connectivity index (χ4v) is 2.92. The molecule has 0 fully saturated rings. The van der Waals surface area contributed by atoms with Gasteiger partial charge in [-0.25, -0.2) is 9.79 Å². The molecule has 0 saturated heterocycles. The Morgan fingerprint density at radius 1 is 0.966 bits per heavy atom. The standard InChI is InChI=1S/C24H18ClNO3/c1-16-2-4-18(5-3-16)15-28-21-12-6-17(7-13-21)14-22-24(27)29-23(26-22)19-8-10-20(25)11-9-19/h2-14H,15H2,1H3/b22-14-. The topological polar surface area (TPSA) is 47.9 Å². The third-order valence-corrected chi connectivity index (χ3v) is 4.67. The number of carbonyl (C=O) groups excluding carboxylic acids is 1. The molecule has 1 aliphatic rings.